The Morgan fingerprint density at radius 1 is 1.25 bits per heavy atom. The van der Waals surface area contributed by atoms with Crippen LogP contribution in [-0.2, 0) is 0 Å². The van der Waals surface area contributed by atoms with E-state index in [1.54, 1.807) is 11.8 Å². The van der Waals surface area contributed by atoms with Gasteiger partial charge in [0.05, 0.1) is 17.1 Å². The molecule has 2 aromatic rings. The van der Waals surface area contributed by atoms with Crippen LogP contribution in [0.15, 0.2) is 57.4 Å². The Balaban J connectivity index is 1.80. The van der Waals surface area contributed by atoms with E-state index in [1.807, 2.05) is 37.4 Å². The molecule has 0 aliphatic carbocycles. The van der Waals surface area contributed by atoms with E-state index in [9.17, 15) is 0 Å². The number of rotatable bonds is 3. The molecule has 0 radical (unpaired) electrons. The maximum absolute atomic E-state index is 5.70. The SMILES string of the molecule is Cc1[nH]nc(OC2=NCC=CN2)c1Sc1ccccc1. The molecular formula is C14H14N4OS. The van der Waals surface area contributed by atoms with Crippen LogP contribution in [0.4, 0.5) is 0 Å². The van der Waals surface area contributed by atoms with E-state index < -0.39 is 0 Å². The second-order valence-electron chi connectivity index (χ2n) is 4.19. The fourth-order valence-corrected chi connectivity index (χ4v) is 2.61. The number of aromatic amines is 1. The summed E-state index contributed by atoms with van der Waals surface area (Å²) in [5.41, 5.74) is 0.973. The standard InChI is InChI=1S/C14H14N4OS/c1-10-12(20-11-6-3-2-4-7-11)13(18-17-10)19-14-15-8-5-9-16-14/h2-8H,9H2,1H3,(H,15,16)(H,17,18). The minimum atomic E-state index is 0.467. The van der Waals surface area contributed by atoms with E-state index in [4.69, 9.17) is 4.74 Å². The Bertz CT molecular complexity index is 648. The van der Waals surface area contributed by atoms with Crippen LogP contribution in [0.3, 0.4) is 0 Å². The van der Waals surface area contributed by atoms with Crippen molar-refractivity contribution in [1.82, 2.24) is 15.5 Å². The van der Waals surface area contributed by atoms with Gasteiger partial charge in [-0.2, -0.15) is 0 Å². The monoisotopic (exact) mass is 286 g/mol. The van der Waals surface area contributed by atoms with Crippen LogP contribution in [0.1, 0.15) is 5.69 Å². The predicted molar refractivity (Wildman–Crippen MR) is 79.1 cm³/mol. The van der Waals surface area contributed by atoms with Gasteiger partial charge in [-0.05, 0) is 25.1 Å². The van der Waals surface area contributed by atoms with Crippen LogP contribution < -0.4 is 10.1 Å². The molecule has 1 aromatic carbocycles. The first kappa shape index (κ1) is 12.8. The van der Waals surface area contributed by atoms with Gasteiger partial charge in [0.1, 0.15) is 0 Å². The second kappa shape index (κ2) is 5.83. The van der Waals surface area contributed by atoms with Crippen LogP contribution in [0.5, 0.6) is 5.88 Å². The van der Waals surface area contributed by atoms with Crippen LogP contribution in [0, 0.1) is 6.92 Å². The molecule has 1 aliphatic rings. The Morgan fingerprint density at radius 2 is 2.10 bits per heavy atom. The number of hydrogen-bond donors (Lipinski definition) is 2. The van der Waals surface area contributed by atoms with Gasteiger partial charge < -0.3 is 10.1 Å². The first-order valence-electron chi connectivity index (χ1n) is 6.24. The Morgan fingerprint density at radius 3 is 2.85 bits per heavy atom. The van der Waals surface area contributed by atoms with Gasteiger partial charge in [-0.1, -0.05) is 30.0 Å². The largest absolute Gasteiger partial charge is 0.404 e. The molecular weight excluding hydrogens is 272 g/mol. The van der Waals surface area contributed by atoms with Gasteiger partial charge in [0.2, 0.25) is 0 Å². The zero-order valence-corrected chi connectivity index (χ0v) is 11.8. The van der Waals surface area contributed by atoms with E-state index in [2.05, 4.69) is 32.6 Å². The highest BCUT2D eigenvalue weighted by Crippen LogP contribution is 2.35. The smallest absolute Gasteiger partial charge is 0.296 e. The second-order valence-corrected chi connectivity index (χ2v) is 5.28. The zero-order valence-electron chi connectivity index (χ0n) is 11.0. The van der Waals surface area contributed by atoms with Crippen LogP contribution in [0.25, 0.3) is 0 Å². The number of H-pyrrole nitrogens is 1. The van der Waals surface area contributed by atoms with Gasteiger partial charge in [-0.3, -0.25) is 5.10 Å². The zero-order chi connectivity index (χ0) is 13.8. The average molecular weight is 286 g/mol. The highest BCUT2D eigenvalue weighted by Gasteiger charge is 2.15. The van der Waals surface area contributed by atoms with Crippen LogP contribution in [0.2, 0.25) is 0 Å². The maximum atomic E-state index is 5.70. The molecule has 0 spiro atoms. The van der Waals surface area contributed by atoms with Gasteiger partial charge in [-0.25, -0.2) is 4.99 Å². The number of amidine groups is 1. The van der Waals surface area contributed by atoms with Crippen molar-refractivity contribution in [3.63, 3.8) is 0 Å². The van der Waals surface area contributed by atoms with Crippen molar-refractivity contribution in [3.05, 3.63) is 48.3 Å². The third-order valence-electron chi connectivity index (χ3n) is 2.68. The molecule has 2 heterocycles. The molecule has 5 nitrogen and oxygen atoms in total. The van der Waals surface area contributed by atoms with E-state index in [-0.39, 0.29) is 0 Å². The number of aliphatic imine (C=N–C) groups is 1. The summed E-state index contributed by atoms with van der Waals surface area (Å²) in [5, 5.41) is 10.1. The molecule has 20 heavy (non-hydrogen) atoms. The van der Waals surface area contributed by atoms with E-state index in [0.29, 0.717) is 18.4 Å². The molecule has 0 atom stereocenters. The number of aromatic nitrogens is 2. The summed E-state index contributed by atoms with van der Waals surface area (Å²) >= 11 is 1.62. The number of aryl methyl sites for hydroxylation is 1. The summed E-state index contributed by atoms with van der Waals surface area (Å²) in [4.78, 5) is 6.32. The number of ether oxygens (including phenoxy) is 1. The van der Waals surface area contributed by atoms with Gasteiger partial charge in [-0.15, -0.1) is 5.10 Å². The van der Waals surface area contributed by atoms with E-state index in [0.717, 1.165) is 15.5 Å². The summed E-state index contributed by atoms with van der Waals surface area (Å²) in [6.45, 7) is 2.59. The number of benzene rings is 1. The molecule has 0 fully saturated rings. The molecule has 1 aromatic heterocycles. The molecule has 1 aliphatic heterocycles. The normalized spacial score (nSPS) is 13.8. The average Bonchev–Trinajstić information content (AvgIpc) is 2.83. The fourth-order valence-electron chi connectivity index (χ4n) is 1.71. The summed E-state index contributed by atoms with van der Waals surface area (Å²) in [6.07, 6.45) is 3.73. The van der Waals surface area contributed by atoms with E-state index >= 15 is 0 Å². The molecule has 0 unspecified atom stereocenters. The third-order valence-corrected chi connectivity index (χ3v) is 3.87. The summed E-state index contributed by atoms with van der Waals surface area (Å²) in [7, 11) is 0. The van der Waals surface area contributed by atoms with Crippen molar-refractivity contribution in [3.8, 4) is 5.88 Å². The van der Waals surface area contributed by atoms with Gasteiger partial charge in [0.15, 0.2) is 0 Å². The number of hydrogen-bond acceptors (Lipinski definition) is 5. The molecule has 0 bridgehead atoms. The molecule has 0 amide bonds. The summed E-state index contributed by atoms with van der Waals surface area (Å²) in [6, 6.07) is 10.6. The Kier molecular flexibility index (Phi) is 3.73. The topological polar surface area (TPSA) is 62.3 Å². The van der Waals surface area contributed by atoms with Gasteiger partial charge in [0, 0.05) is 11.1 Å². The third kappa shape index (κ3) is 2.85. The lowest BCUT2D eigenvalue weighted by molar-refractivity contribution is 0.491. The lowest BCUT2D eigenvalue weighted by Crippen LogP contribution is -2.26. The first-order valence-corrected chi connectivity index (χ1v) is 7.06. The van der Waals surface area contributed by atoms with Crippen molar-refractivity contribution < 1.29 is 4.74 Å². The fraction of sp³-hybridized carbons (Fsp3) is 0.143. The van der Waals surface area contributed by atoms with Gasteiger partial charge >= 0.3 is 0 Å². The molecule has 0 saturated heterocycles. The Hall–Kier alpha value is -2.21. The van der Waals surface area contributed by atoms with Crippen LogP contribution in [-0.4, -0.2) is 22.8 Å². The Labute approximate surface area is 121 Å². The van der Waals surface area contributed by atoms with Crippen molar-refractivity contribution in [2.75, 3.05) is 6.54 Å². The molecule has 6 heteroatoms. The lowest BCUT2D eigenvalue weighted by Gasteiger charge is -2.10. The maximum Gasteiger partial charge on any atom is 0.296 e. The van der Waals surface area contributed by atoms with Crippen molar-refractivity contribution in [2.24, 2.45) is 4.99 Å². The predicted octanol–water partition coefficient (Wildman–Crippen LogP) is 2.72. The molecule has 2 N–H and O–H groups in total. The molecule has 3 rings (SSSR count). The van der Waals surface area contributed by atoms with E-state index in [1.165, 1.54) is 0 Å². The highest BCUT2D eigenvalue weighted by molar-refractivity contribution is 7.99. The molecule has 102 valence electrons. The molecule has 0 saturated carbocycles. The first-order chi connectivity index (χ1) is 9.83. The van der Waals surface area contributed by atoms with Crippen molar-refractivity contribution >= 4 is 17.8 Å². The number of nitrogens with zero attached hydrogens (tertiary/aromatic N) is 2. The summed E-state index contributed by atoms with van der Waals surface area (Å²) < 4.78 is 5.70. The highest BCUT2D eigenvalue weighted by atomic mass is 32.2. The van der Waals surface area contributed by atoms with Crippen molar-refractivity contribution in [2.45, 2.75) is 16.7 Å². The lowest BCUT2D eigenvalue weighted by atomic mass is 10.4. The number of nitrogens with one attached hydrogen (secondary N) is 2. The quantitative estimate of drug-likeness (QED) is 0.910. The van der Waals surface area contributed by atoms with Crippen LogP contribution >= 0.6 is 11.8 Å². The summed E-state index contributed by atoms with van der Waals surface area (Å²) in [5.74, 6) is 0.540. The minimum absolute atomic E-state index is 0.467. The van der Waals surface area contributed by atoms with Gasteiger partial charge in [0.25, 0.3) is 11.9 Å². The minimum Gasteiger partial charge on any atom is -0.404 e. The van der Waals surface area contributed by atoms with Crippen molar-refractivity contribution in [1.29, 1.82) is 0 Å².